The summed E-state index contributed by atoms with van der Waals surface area (Å²) in [6.07, 6.45) is 0. The molecule has 0 saturated carbocycles. The minimum atomic E-state index is -3.06. The van der Waals surface area contributed by atoms with Gasteiger partial charge in [-0.1, -0.05) is 6.04 Å². The number of halogens is 1. The molecule has 0 aromatic carbocycles. The Kier molecular flexibility index (Phi) is 0.786. The summed E-state index contributed by atoms with van der Waals surface area (Å²) < 4.78 is 62.0. The van der Waals surface area contributed by atoms with Crippen molar-refractivity contribution in [2.45, 2.75) is 6.85 Å². The van der Waals surface area contributed by atoms with Crippen molar-refractivity contribution in [3.8, 4) is 5.88 Å². The van der Waals surface area contributed by atoms with Crippen molar-refractivity contribution in [2.75, 3.05) is 6.56 Å². The van der Waals surface area contributed by atoms with Crippen molar-refractivity contribution in [3.05, 3.63) is 22.7 Å². The highest BCUT2D eigenvalue weighted by atomic mass is 79.9. The molecule has 0 spiro atoms. The predicted molar refractivity (Wildman–Crippen MR) is 43.1 cm³/mol. The zero-order valence-electron chi connectivity index (χ0n) is 12.7. The lowest BCUT2D eigenvalue weighted by Crippen LogP contribution is -1.93. The van der Waals surface area contributed by atoms with Crippen LogP contribution in [0.3, 0.4) is 0 Å². The molecule has 0 aliphatic rings. The van der Waals surface area contributed by atoms with Crippen LogP contribution in [0.2, 0.25) is 0 Å². The van der Waals surface area contributed by atoms with Crippen LogP contribution in [0.5, 0.6) is 5.88 Å². The van der Waals surface area contributed by atoms with Crippen molar-refractivity contribution >= 4 is 15.9 Å². The zero-order chi connectivity index (χ0) is 14.3. The van der Waals surface area contributed by atoms with Gasteiger partial charge in [0.1, 0.15) is 4.60 Å². The lowest BCUT2D eigenvalue weighted by molar-refractivity contribution is 0.326. The Bertz CT molecular complexity index is 473. The van der Waals surface area contributed by atoms with E-state index in [-0.39, 0.29) is 10.6 Å². The molecule has 0 saturated heterocycles. The van der Waals surface area contributed by atoms with Crippen molar-refractivity contribution in [2.24, 2.45) is 0 Å². The predicted octanol–water partition coefficient (Wildman–Crippen LogP) is 2.24. The van der Waals surface area contributed by atoms with Crippen LogP contribution >= 0.6 is 15.9 Å². The summed E-state index contributed by atoms with van der Waals surface area (Å²) in [5.74, 6) is -0.649. The lowest BCUT2D eigenvalue weighted by Gasteiger charge is -1.99. The van der Waals surface area contributed by atoms with Crippen LogP contribution in [0.4, 0.5) is 0 Å². The summed E-state index contributed by atoms with van der Waals surface area (Å²) in [6, 6.07) is -1.54. The lowest BCUT2D eigenvalue weighted by atomic mass is 10.5. The second-order valence-electron chi connectivity index (χ2n) is 1.29. The van der Waals surface area contributed by atoms with Gasteiger partial charge in [0, 0.05) is 10.2 Å². The third-order valence-corrected chi connectivity index (χ3v) is 1.06. The smallest absolute Gasteiger partial charge is 0.214 e. The van der Waals surface area contributed by atoms with Gasteiger partial charge < -0.3 is 4.74 Å². The normalized spacial score (nSPS) is 23.7. The van der Waals surface area contributed by atoms with Gasteiger partial charge in [0.25, 0.3) is 0 Å². The molecular weight excluding hydrogens is 194 g/mol. The summed E-state index contributed by atoms with van der Waals surface area (Å²) >= 11 is 2.84. The summed E-state index contributed by atoms with van der Waals surface area (Å²) in [6.45, 7) is -6.10. The Morgan fingerprint density at radius 2 is 2.90 bits per heavy atom. The minimum Gasteiger partial charge on any atom is -0.478 e. The number of hydrogen-bond donors (Lipinski definition) is 0. The van der Waals surface area contributed by atoms with Gasteiger partial charge in [-0.2, -0.15) is 0 Å². The standard InChI is InChI=1S/C7H8BrNO/c1-2-10-7-5-3-4-6(8)9-7/h3-5H,2H2,1H3/i1D3,2D2,3D,4D,5D. The highest BCUT2D eigenvalue weighted by Gasteiger charge is 1.91. The number of nitrogens with zero attached hydrogens (tertiary/aromatic N) is 1. The van der Waals surface area contributed by atoms with E-state index in [1.807, 2.05) is 0 Å². The van der Waals surface area contributed by atoms with Crippen LogP contribution in [0.25, 0.3) is 0 Å². The van der Waals surface area contributed by atoms with Gasteiger partial charge in [-0.15, -0.1) is 0 Å². The van der Waals surface area contributed by atoms with E-state index in [9.17, 15) is 0 Å². The maximum Gasteiger partial charge on any atom is 0.214 e. The SMILES string of the molecule is [2H]c1c(Br)nc(OC([2H])([2H])C([2H])([2H])[2H])c([2H])c1[2H]. The molecule has 0 fully saturated rings. The molecule has 0 N–H and O–H groups in total. The molecule has 1 heterocycles. The Morgan fingerprint density at radius 1 is 2.00 bits per heavy atom. The van der Waals surface area contributed by atoms with Gasteiger partial charge in [-0.25, -0.2) is 4.98 Å². The molecule has 54 valence electrons. The van der Waals surface area contributed by atoms with E-state index in [0.717, 1.165) is 0 Å². The second kappa shape index (κ2) is 3.56. The van der Waals surface area contributed by atoms with E-state index in [1.165, 1.54) is 0 Å². The van der Waals surface area contributed by atoms with Gasteiger partial charge >= 0.3 is 0 Å². The fourth-order valence-corrected chi connectivity index (χ4v) is 0.638. The van der Waals surface area contributed by atoms with Gasteiger partial charge in [0.15, 0.2) is 0 Å². The number of pyridine rings is 1. The summed E-state index contributed by atoms with van der Waals surface area (Å²) in [5, 5.41) is 0. The topological polar surface area (TPSA) is 22.1 Å². The molecule has 0 bridgehead atoms. The zero-order valence-corrected chi connectivity index (χ0v) is 6.32. The monoisotopic (exact) mass is 209 g/mol. The molecule has 0 atom stereocenters. The Labute approximate surface area is 79.6 Å². The van der Waals surface area contributed by atoms with Gasteiger partial charge in [0.2, 0.25) is 5.88 Å². The van der Waals surface area contributed by atoms with Crippen molar-refractivity contribution < 1.29 is 15.7 Å². The molecule has 3 heteroatoms. The first-order valence-corrected chi connectivity index (χ1v) is 3.09. The molecular formula is C7H8BrNO. The highest BCUT2D eigenvalue weighted by Crippen LogP contribution is 2.11. The molecule has 0 aliphatic carbocycles. The molecule has 0 aliphatic heterocycles. The van der Waals surface area contributed by atoms with Gasteiger partial charge in [-0.3, -0.25) is 0 Å². The van der Waals surface area contributed by atoms with E-state index in [2.05, 4.69) is 25.7 Å². The van der Waals surface area contributed by atoms with Crippen LogP contribution in [-0.4, -0.2) is 11.5 Å². The maximum atomic E-state index is 7.45. The van der Waals surface area contributed by atoms with Gasteiger partial charge in [-0.05, 0) is 28.8 Å². The van der Waals surface area contributed by atoms with Gasteiger partial charge in [0.05, 0.1) is 13.4 Å². The quantitative estimate of drug-likeness (QED) is 0.698. The first-order valence-electron chi connectivity index (χ1n) is 6.29. The fraction of sp³-hybridized carbons (Fsp3) is 0.286. The second-order valence-corrected chi connectivity index (χ2v) is 2.04. The average molecular weight is 210 g/mol. The van der Waals surface area contributed by atoms with E-state index in [0.29, 0.717) is 0 Å². The summed E-state index contributed by atoms with van der Waals surface area (Å²) in [4.78, 5) is 3.54. The molecule has 2 nitrogen and oxygen atoms in total. The van der Waals surface area contributed by atoms with Crippen molar-refractivity contribution in [1.29, 1.82) is 0 Å². The van der Waals surface area contributed by atoms with E-state index >= 15 is 0 Å². The summed E-state index contributed by atoms with van der Waals surface area (Å²) in [7, 11) is 0. The van der Waals surface area contributed by atoms with E-state index in [4.69, 9.17) is 11.0 Å². The Hall–Kier alpha value is -0.570. The minimum absolute atomic E-state index is 0.125. The van der Waals surface area contributed by atoms with E-state index < -0.39 is 31.4 Å². The first kappa shape index (κ1) is 2.21. The Morgan fingerprint density at radius 3 is 3.70 bits per heavy atom. The van der Waals surface area contributed by atoms with Crippen LogP contribution in [0, 0.1) is 0 Å². The third-order valence-electron chi connectivity index (χ3n) is 0.682. The third kappa shape index (κ3) is 1.99. The number of rotatable bonds is 2. The average Bonchev–Trinajstić information content (AvgIpc) is 2.21. The van der Waals surface area contributed by atoms with Crippen molar-refractivity contribution in [1.82, 2.24) is 4.98 Å². The molecule has 10 heavy (non-hydrogen) atoms. The van der Waals surface area contributed by atoms with Crippen LogP contribution in [-0.2, 0) is 0 Å². The number of aromatic nitrogens is 1. The maximum absolute atomic E-state index is 7.45. The fourth-order valence-electron chi connectivity index (χ4n) is 0.378. The van der Waals surface area contributed by atoms with Crippen LogP contribution in [0.15, 0.2) is 22.7 Å². The molecule has 1 aromatic rings. The first-order chi connectivity index (χ1) is 7.97. The number of ether oxygens (including phenoxy) is 1. The van der Waals surface area contributed by atoms with E-state index in [1.54, 1.807) is 0 Å². The number of hydrogen-bond acceptors (Lipinski definition) is 2. The molecule has 1 rings (SSSR count). The molecule has 0 unspecified atom stereocenters. The molecule has 0 radical (unpaired) electrons. The largest absolute Gasteiger partial charge is 0.478 e. The Balaban J connectivity index is 3.22. The molecule has 1 aromatic heterocycles. The van der Waals surface area contributed by atoms with Crippen molar-refractivity contribution in [3.63, 3.8) is 0 Å². The van der Waals surface area contributed by atoms with Crippen LogP contribution < -0.4 is 4.74 Å². The molecule has 0 amide bonds. The highest BCUT2D eigenvalue weighted by molar-refractivity contribution is 9.10. The summed E-state index contributed by atoms with van der Waals surface area (Å²) in [5.41, 5.74) is 0. The van der Waals surface area contributed by atoms with Crippen LogP contribution in [0.1, 0.15) is 17.8 Å².